The molecule has 0 unspecified atom stereocenters. The van der Waals surface area contributed by atoms with Gasteiger partial charge in [-0.1, -0.05) is 6.07 Å². The third kappa shape index (κ3) is 4.68. The number of alkyl halides is 3. The summed E-state index contributed by atoms with van der Waals surface area (Å²) < 4.78 is 50.9. The molecule has 0 bridgehead atoms. The van der Waals surface area contributed by atoms with Crippen LogP contribution in [0.5, 0.6) is 0 Å². The molecule has 2 nitrogen and oxygen atoms in total. The molecule has 0 aromatic heterocycles. The normalized spacial score (nSPS) is 18.7. The molecule has 1 saturated heterocycles. The highest BCUT2D eigenvalue weighted by atomic mass is 19.4. The highest BCUT2D eigenvalue weighted by molar-refractivity contribution is 5.29. The van der Waals surface area contributed by atoms with Gasteiger partial charge >= 0.3 is 6.18 Å². The average Bonchev–Trinajstić information content (AvgIpc) is 2.41. The van der Waals surface area contributed by atoms with Crippen molar-refractivity contribution in [1.82, 2.24) is 10.2 Å². The summed E-state index contributed by atoms with van der Waals surface area (Å²) in [7, 11) is 0. The second-order valence-corrected chi connectivity index (χ2v) is 5.46. The fraction of sp³-hybridized carbons (Fsp3) is 0.600. The Hall–Kier alpha value is -1.14. The van der Waals surface area contributed by atoms with Crippen LogP contribution in [0.4, 0.5) is 17.6 Å². The summed E-state index contributed by atoms with van der Waals surface area (Å²) in [5, 5.41) is 3.19. The molecule has 1 fully saturated rings. The zero-order chi connectivity index (χ0) is 15.5. The van der Waals surface area contributed by atoms with Crippen LogP contribution in [0.15, 0.2) is 18.2 Å². The molecule has 0 amide bonds. The average molecular weight is 304 g/mol. The smallest absolute Gasteiger partial charge is 0.314 e. The van der Waals surface area contributed by atoms with E-state index in [0.29, 0.717) is 18.7 Å². The lowest BCUT2D eigenvalue weighted by atomic mass is 9.95. The lowest BCUT2D eigenvalue weighted by Gasteiger charge is -2.36. The fourth-order valence-corrected chi connectivity index (χ4v) is 2.84. The summed E-state index contributed by atoms with van der Waals surface area (Å²) in [6.07, 6.45) is -4.98. The lowest BCUT2D eigenvalue weighted by Crippen LogP contribution is -2.45. The minimum absolute atomic E-state index is 0.00989. The molecule has 21 heavy (non-hydrogen) atoms. The van der Waals surface area contributed by atoms with Gasteiger partial charge in [0.1, 0.15) is 5.82 Å². The van der Waals surface area contributed by atoms with Crippen molar-refractivity contribution in [2.75, 3.05) is 26.2 Å². The number of hydrogen-bond donors (Lipinski definition) is 1. The summed E-state index contributed by atoms with van der Waals surface area (Å²) in [6, 6.07) is 4.02. The first-order valence-electron chi connectivity index (χ1n) is 7.14. The zero-order valence-electron chi connectivity index (χ0n) is 12.0. The van der Waals surface area contributed by atoms with Gasteiger partial charge < -0.3 is 5.32 Å². The van der Waals surface area contributed by atoms with E-state index in [1.54, 1.807) is 13.0 Å². The summed E-state index contributed by atoms with van der Waals surface area (Å²) in [5.74, 6) is -0.355. The van der Waals surface area contributed by atoms with Crippen LogP contribution in [0, 0.1) is 12.7 Å². The van der Waals surface area contributed by atoms with E-state index in [1.165, 1.54) is 12.1 Å². The number of hydrogen-bond acceptors (Lipinski definition) is 2. The van der Waals surface area contributed by atoms with E-state index in [9.17, 15) is 17.6 Å². The molecule has 2 rings (SSSR count). The third-order valence-electron chi connectivity index (χ3n) is 3.88. The first-order valence-corrected chi connectivity index (χ1v) is 7.14. The Balaban J connectivity index is 2.21. The van der Waals surface area contributed by atoms with E-state index in [-0.39, 0.29) is 18.3 Å². The Bertz CT molecular complexity index is 467. The SMILES string of the molecule is Cc1cc(F)ccc1[C@H](CCC(F)(F)F)N1CCNCC1. The summed E-state index contributed by atoms with van der Waals surface area (Å²) in [5.41, 5.74) is 1.50. The van der Waals surface area contributed by atoms with Gasteiger partial charge in [0.05, 0.1) is 0 Å². The molecule has 118 valence electrons. The Kier molecular flexibility index (Phi) is 5.22. The number of halogens is 4. The molecule has 1 aromatic rings. The third-order valence-corrected chi connectivity index (χ3v) is 3.88. The maximum atomic E-state index is 13.2. The van der Waals surface area contributed by atoms with Crippen LogP contribution < -0.4 is 5.32 Å². The monoisotopic (exact) mass is 304 g/mol. The van der Waals surface area contributed by atoms with Crippen LogP contribution in [-0.2, 0) is 0 Å². The molecule has 1 aliphatic rings. The molecular formula is C15H20F4N2. The fourth-order valence-electron chi connectivity index (χ4n) is 2.84. The minimum Gasteiger partial charge on any atom is -0.314 e. The number of benzene rings is 1. The van der Waals surface area contributed by atoms with Crippen molar-refractivity contribution in [1.29, 1.82) is 0 Å². The molecular weight excluding hydrogens is 284 g/mol. The van der Waals surface area contributed by atoms with Gasteiger partial charge in [0.15, 0.2) is 0 Å². The van der Waals surface area contributed by atoms with E-state index in [0.717, 1.165) is 18.7 Å². The second kappa shape index (κ2) is 6.75. The van der Waals surface area contributed by atoms with Crippen LogP contribution in [0.2, 0.25) is 0 Å². The highest BCUT2D eigenvalue weighted by Crippen LogP contribution is 2.33. The molecule has 0 aliphatic carbocycles. The molecule has 6 heteroatoms. The van der Waals surface area contributed by atoms with Gasteiger partial charge in [0.25, 0.3) is 0 Å². The van der Waals surface area contributed by atoms with Crippen LogP contribution in [-0.4, -0.2) is 37.3 Å². The van der Waals surface area contributed by atoms with Gasteiger partial charge in [-0.3, -0.25) is 4.90 Å². The Morgan fingerprint density at radius 3 is 2.48 bits per heavy atom. The van der Waals surface area contributed by atoms with Crippen LogP contribution >= 0.6 is 0 Å². The quantitative estimate of drug-likeness (QED) is 0.858. The van der Waals surface area contributed by atoms with Gasteiger partial charge in [-0.25, -0.2) is 4.39 Å². The van der Waals surface area contributed by atoms with Crippen molar-refractivity contribution in [2.24, 2.45) is 0 Å². The summed E-state index contributed by atoms with van der Waals surface area (Å²) in [6.45, 7) is 4.70. The summed E-state index contributed by atoms with van der Waals surface area (Å²) in [4.78, 5) is 2.06. The van der Waals surface area contributed by atoms with Crippen molar-refractivity contribution in [2.45, 2.75) is 32.0 Å². The first-order chi connectivity index (χ1) is 9.87. The maximum absolute atomic E-state index is 13.2. The second-order valence-electron chi connectivity index (χ2n) is 5.46. The molecule has 1 aliphatic heterocycles. The topological polar surface area (TPSA) is 15.3 Å². The molecule has 1 atom stereocenters. The van der Waals surface area contributed by atoms with E-state index < -0.39 is 12.6 Å². The number of aryl methyl sites for hydroxylation is 1. The van der Waals surface area contributed by atoms with E-state index >= 15 is 0 Å². The predicted octanol–water partition coefficient (Wildman–Crippen LogP) is 3.42. The van der Waals surface area contributed by atoms with Gasteiger partial charge in [-0.05, 0) is 36.6 Å². The van der Waals surface area contributed by atoms with Crippen LogP contribution in [0.1, 0.15) is 30.0 Å². The molecule has 1 N–H and O–H groups in total. The van der Waals surface area contributed by atoms with Crippen LogP contribution in [0.3, 0.4) is 0 Å². The van der Waals surface area contributed by atoms with Crippen LogP contribution in [0.25, 0.3) is 0 Å². The van der Waals surface area contributed by atoms with E-state index in [4.69, 9.17) is 0 Å². The summed E-state index contributed by atoms with van der Waals surface area (Å²) >= 11 is 0. The standard InChI is InChI=1S/C15H20F4N2/c1-11-10-12(16)2-3-13(11)14(4-5-15(17,18)19)21-8-6-20-7-9-21/h2-3,10,14,20H,4-9H2,1H3/t14-/m0/s1. The Morgan fingerprint density at radius 2 is 1.90 bits per heavy atom. The van der Waals surface area contributed by atoms with Crippen molar-refractivity contribution in [3.05, 3.63) is 35.1 Å². The number of nitrogens with one attached hydrogen (secondary N) is 1. The van der Waals surface area contributed by atoms with Crippen molar-refractivity contribution >= 4 is 0 Å². The van der Waals surface area contributed by atoms with Gasteiger partial charge in [-0.15, -0.1) is 0 Å². The predicted molar refractivity (Wildman–Crippen MR) is 73.6 cm³/mol. The maximum Gasteiger partial charge on any atom is 0.389 e. The van der Waals surface area contributed by atoms with Crippen molar-refractivity contribution in [3.8, 4) is 0 Å². The molecule has 0 saturated carbocycles. The largest absolute Gasteiger partial charge is 0.389 e. The zero-order valence-corrected chi connectivity index (χ0v) is 12.0. The number of piperazine rings is 1. The Labute approximate surface area is 122 Å². The molecule has 1 aromatic carbocycles. The highest BCUT2D eigenvalue weighted by Gasteiger charge is 2.31. The molecule has 1 heterocycles. The van der Waals surface area contributed by atoms with Gasteiger partial charge in [0, 0.05) is 38.6 Å². The lowest BCUT2D eigenvalue weighted by molar-refractivity contribution is -0.138. The van der Waals surface area contributed by atoms with Gasteiger partial charge in [0.2, 0.25) is 0 Å². The van der Waals surface area contributed by atoms with Crippen molar-refractivity contribution in [3.63, 3.8) is 0 Å². The van der Waals surface area contributed by atoms with Gasteiger partial charge in [-0.2, -0.15) is 13.2 Å². The molecule has 0 radical (unpaired) electrons. The van der Waals surface area contributed by atoms with E-state index in [2.05, 4.69) is 10.2 Å². The number of rotatable bonds is 4. The minimum atomic E-state index is -4.17. The first kappa shape index (κ1) is 16.2. The van der Waals surface area contributed by atoms with E-state index in [1.807, 2.05) is 0 Å². The molecule has 0 spiro atoms. The Morgan fingerprint density at radius 1 is 1.24 bits per heavy atom. The number of nitrogens with zero attached hydrogens (tertiary/aromatic N) is 1. The van der Waals surface area contributed by atoms with Crippen molar-refractivity contribution < 1.29 is 17.6 Å².